The van der Waals surface area contributed by atoms with Crippen molar-refractivity contribution in [1.29, 1.82) is 0 Å². The van der Waals surface area contributed by atoms with Crippen molar-refractivity contribution in [2.45, 2.75) is 44.6 Å². The predicted octanol–water partition coefficient (Wildman–Crippen LogP) is 2.49. The van der Waals surface area contributed by atoms with Crippen LogP contribution in [0.2, 0.25) is 0 Å². The molecule has 2 rings (SSSR count). The number of hydrogen-bond acceptors (Lipinski definition) is 4. The first-order valence-corrected chi connectivity index (χ1v) is 6.63. The predicted molar refractivity (Wildman–Crippen MR) is 65.3 cm³/mol. The number of aryl methyl sites for hydroxylation is 1. The fraction of sp³-hybridized carbons (Fsp3) is 0.667. The third-order valence-electron chi connectivity index (χ3n) is 3.40. The Morgan fingerprint density at radius 1 is 1.53 bits per heavy atom. The number of nitrogens with zero attached hydrogens (tertiary/aromatic N) is 1. The van der Waals surface area contributed by atoms with E-state index in [1.165, 1.54) is 11.3 Å². The second-order valence-corrected chi connectivity index (χ2v) is 5.59. The Bertz CT molecular complexity index is 421. The van der Waals surface area contributed by atoms with E-state index >= 15 is 0 Å². The van der Waals surface area contributed by atoms with Crippen molar-refractivity contribution >= 4 is 17.3 Å². The number of hydrogen-bond donors (Lipinski definition) is 1. The molecular formula is C12H17NO3S. The second kappa shape index (κ2) is 4.74. The number of rotatable bonds is 4. The lowest BCUT2D eigenvalue weighted by Crippen LogP contribution is -2.24. The Kier molecular flexibility index (Phi) is 3.49. The van der Waals surface area contributed by atoms with Crippen LogP contribution in [-0.2, 0) is 21.6 Å². The first-order chi connectivity index (χ1) is 8.07. The monoisotopic (exact) mass is 255 g/mol. The van der Waals surface area contributed by atoms with Gasteiger partial charge in [-0.05, 0) is 19.8 Å². The molecule has 94 valence electrons. The van der Waals surface area contributed by atoms with Gasteiger partial charge in [0.05, 0.1) is 12.1 Å². The van der Waals surface area contributed by atoms with Gasteiger partial charge in [-0.1, -0.05) is 12.8 Å². The number of carbonyl (C=O) groups is 1. The fourth-order valence-corrected chi connectivity index (χ4v) is 3.65. The third kappa shape index (κ3) is 2.35. The number of thiazole rings is 1. The standard InChI is InChI=1S/C12H17NO3S/c1-8-9(7-10(14)15)17-11(13-8)12(16-2)5-3-4-6-12/h3-7H2,1-2H3,(H,14,15). The summed E-state index contributed by atoms with van der Waals surface area (Å²) in [5.74, 6) is -0.804. The lowest BCUT2D eigenvalue weighted by Gasteiger charge is -2.24. The van der Waals surface area contributed by atoms with Crippen molar-refractivity contribution in [3.05, 3.63) is 15.6 Å². The molecule has 1 heterocycles. The van der Waals surface area contributed by atoms with Crippen molar-refractivity contribution < 1.29 is 14.6 Å². The zero-order chi connectivity index (χ0) is 12.5. The van der Waals surface area contributed by atoms with Gasteiger partial charge in [0.25, 0.3) is 0 Å². The summed E-state index contributed by atoms with van der Waals surface area (Å²) in [7, 11) is 1.72. The van der Waals surface area contributed by atoms with Gasteiger partial charge in [0.15, 0.2) is 0 Å². The van der Waals surface area contributed by atoms with Gasteiger partial charge >= 0.3 is 5.97 Å². The Morgan fingerprint density at radius 3 is 2.71 bits per heavy atom. The van der Waals surface area contributed by atoms with Crippen LogP contribution in [0, 0.1) is 6.92 Å². The molecule has 1 aromatic heterocycles. The van der Waals surface area contributed by atoms with Crippen LogP contribution in [0.5, 0.6) is 0 Å². The molecule has 17 heavy (non-hydrogen) atoms. The van der Waals surface area contributed by atoms with Gasteiger partial charge in [-0.3, -0.25) is 4.79 Å². The second-order valence-electron chi connectivity index (χ2n) is 4.50. The van der Waals surface area contributed by atoms with Crippen LogP contribution < -0.4 is 0 Å². The van der Waals surface area contributed by atoms with Crippen molar-refractivity contribution in [2.75, 3.05) is 7.11 Å². The minimum absolute atomic E-state index is 0.0588. The molecule has 0 unspecified atom stereocenters. The van der Waals surface area contributed by atoms with Gasteiger partial charge in [-0.25, -0.2) is 4.98 Å². The average molecular weight is 255 g/mol. The molecule has 1 aromatic rings. The number of aliphatic carboxylic acids is 1. The molecule has 0 radical (unpaired) electrons. The van der Waals surface area contributed by atoms with E-state index in [-0.39, 0.29) is 12.0 Å². The van der Waals surface area contributed by atoms with E-state index in [4.69, 9.17) is 9.84 Å². The number of carboxylic acid groups (broad SMARTS) is 1. The molecule has 1 saturated carbocycles. The largest absolute Gasteiger partial charge is 0.481 e. The summed E-state index contributed by atoms with van der Waals surface area (Å²) in [6, 6.07) is 0. The maximum atomic E-state index is 10.7. The molecule has 0 atom stereocenters. The molecule has 1 fully saturated rings. The lowest BCUT2D eigenvalue weighted by atomic mass is 10.0. The quantitative estimate of drug-likeness (QED) is 0.898. The zero-order valence-corrected chi connectivity index (χ0v) is 11.0. The number of ether oxygens (including phenoxy) is 1. The smallest absolute Gasteiger partial charge is 0.308 e. The van der Waals surface area contributed by atoms with E-state index in [0.29, 0.717) is 0 Å². The Hall–Kier alpha value is -0.940. The molecule has 0 saturated heterocycles. The summed E-state index contributed by atoms with van der Waals surface area (Å²) >= 11 is 1.49. The summed E-state index contributed by atoms with van der Waals surface area (Å²) in [6.07, 6.45) is 4.34. The average Bonchev–Trinajstić information content (AvgIpc) is 2.86. The Balaban J connectivity index is 2.29. The maximum absolute atomic E-state index is 10.7. The molecule has 0 aliphatic heterocycles. The lowest BCUT2D eigenvalue weighted by molar-refractivity contribution is -0.136. The van der Waals surface area contributed by atoms with E-state index in [0.717, 1.165) is 41.3 Å². The van der Waals surface area contributed by atoms with Crippen molar-refractivity contribution in [3.63, 3.8) is 0 Å². The Morgan fingerprint density at radius 2 is 2.18 bits per heavy atom. The number of methoxy groups -OCH3 is 1. The van der Waals surface area contributed by atoms with E-state index in [1.807, 2.05) is 6.92 Å². The topological polar surface area (TPSA) is 59.4 Å². The number of carboxylic acids is 1. The molecule has 4 nitrogen and oxygen atoms in total. The van der Waals surface area contributed by atoms with Crippen molar-refractivity contribution in [3.8, 4) is 0 Å². The normalized spacial score (nSPS) is 18.5. The van der Waals surface area contributed by atoms with Crippen LogP contribution in [-0.4, -0.2) is 23.2 Å². The fourth-order valence-electron chi connectivity index (χ4n) is 2.38. The maximum Gasteiger partial charge on any atom is 0.308 e. The van der Waals surface area contributed by atoms with E-state index < -0.39 is 5.97 Å². The molecule has 1 aliphatic carbocycles. The highest BCUT2D eigenvalue weighted by Crippen LogP contribution is 2.43. The van der Waals surface area contributed by atoms with Crippen molar-refractivity contribution in [1.82, 2.24) is 4.98 Å². The summed E-state index contributed by atoms with van der Waals surface area (Å²) in [6.45, 7) is 1.87. The van der Waals surface area contributed by atoms with Crippen LogP contribution in [0.3, 0.4) is 0 Å². The zero-order valence-electron chi connectivity index (χ0n) is 10.2. The minimum Gasteiger partial charge on any atom is -0.481 e. The van der Waals surface area contributed by atoms with Crippen LogP contribution in [0.25, 0.3) is 0 Å². The molecule has 0 spiro atoms. The highest BCUT2D eigenvalue weighted by atomic mass is 32.1. The van der Waals surface area contributed by atoms with Gasteiger partial charge in [0.1, 0.15) is 10.6 Å². The minimum atomic E-state index is -0.804. The van der Waals surface area contributed by atoms with E-state index in [9.17, 15) is 4.79 Å². The van der Waals surface area contributed by atoms with Crippen LogP contribution in [0.1, 0.15) is 41.3 Å². The van der Waals surface area contributed by atoms with Gasteiger partial charge in [-0.15, -0.1) is 11.3 Å². The van der Waals surface area contributed by atoms with Crippen LogP contribution in [0.4, 0.5) is 0 Å². The van der Waals surface area contributed by atoms with Crippen LogP contribution in [0.15, 0.2) is 0 Å². The molecule has 0 bridgehead atoms. The van der Waals surface area contributed by atoms with Crippen LogP contribution >= 0.6 is 11.3 Å². The SMILES string of the molecule is COC1(c2nc(C)c(CC(=O)O)s2)CCCC1. The molecule has 5 heteroatoms. The summed E-state index contributed by atoms with van der Waals surface area (Å²) in [4.78, 5) is 16.1. The molecular weight excluding hydrogens is 238 g/mol. The number of aromatic nitrogens is 1. The first-order valence-electron chi connectivity index (χ1n) is 5.81. The molecule has 0 aromatic carbocycles. The first kappa shape index (κ1) is 12.5. The molecule has 1 N–H and O–H groups in total. The van der Waals surface area contributed by atoms with Crippen molar-refractivity contribution in [2.24, 2.45) is 0 Å². The highest BCUT2D eigenvalue weighted by Gasteiger charge is 2.38. The van der Waals surface area contributed by atoms with Gasteiger partial charge < -0.3 is 9.84 Å². The Labute approximate surface area is 105 Å². The highest BCUT2D eigenvalue weighted by molar-refractivity contribution is 7.12. The van der Waals surface area contributed by atoms with E-state index in [1.54, 1.807) is 7.11 Å². The molecule has 1 aliphatic rings. The summed E-state index contributed by atoms with van der Waals surface area (Å²) in [5, 5.41) is 9.79. The third-order valence-corrected chi connectivity index (χ3v) is 4.74. The van der Waals surface area contributed by atoms with Gasteiger partial charge in [-0.2, -0.15) is 0 Å². The van der Waals surface area contributed by atoms with Gasteiger partial charge in [0.2, 0.25) is 0 Å². The summed E-state index contributed by atoms with van der Waals surface area (Å²) < 4.78 is 5.66. The van der Waals surface area contributed by atoms with E-state index in [2.05, 4.69) is 4.98 Å². The molecule has 0 amide bonds. The van der Waals surface area contributed by atoms with Gasteiger partial charge in [0, 0.05) is 12.0 Å². The summed E-state index contributed by atoms with van der Waals surface area (Å²) in [5.41, 5.74) is 0.572.